The van der Waals surface area contributed by atoms with E-state index in [2.05, 4.69) is 0 Å². The summed E-state index contributed by atoms with van der Waals surface area (Å²) in [6.07, 6.45) is 2.08. The van der Waals surface area contributed by atoms with Crippen molar-refractivity contribution < 1.29 is 4.79 Å². The monoisotopic (exact) mass is 189 g/mol. The first-order valence-electron chi connectivity index (χ1n) is 3.65. The fourth-order valence-corrected chi connectivity index (χ4v) is 1.38. The molecular formula is C10H7NOS. The molecule has 0 aliphatic carbocycles. The highest BCUT2D eigenvalue weighted by molar-refractivity contribution is 8.12. The number of carbonyl (C=O) groups is 1. The minimum Gasteiger partial charge on any atom is -0.299 e. The number of benzene rings is 1. The van der Waals surface area contributed by atoms with E-state index in [0.717, 1.165) is 17.3 Å². The molecule has 3 heteroatoms. The molecule has 0 bridgehead atoms. The van der Waals surface area contributed by atoms with Crippen molar-refractivity contribution in [1.82, 2.24) is 0 Å². The summed E-state index contributed by atoms with van der Waals surface area (Å²) in [7, 11) is 0. The van der Waals surface area contributed by atoms with Crippen molar-refractivity contribution in [2.75, 3.05) is 0 Å². The minimum atomic E-state index is 0.679. The third kappa shape index (κ3) is 2.77. The lowest BCUT2D eigenvalue weighted by atomic mass is 10.2. The van der Waals surface area contributed by atoms with Gasteiger partial charge in [0.15, 0.2) is 0 Å². The predicted molar refractivity (Wildman–Crippen MR) is 53.7 cm³/mol. The lowest BCUT2D eigenvalue weighted by molar-refractivity contribution is -0.104. The van der Waals surface area contributed by atoms with Crippen LogP contribution < -0.4 is 0 Å². The number of aldehydes is 1. The van der Waals surface area contributed by atoms with Gasteiger partial charge in [-0.25, -0.2) is 0 Å². The third-order valence-corrected chi connectivity index (χ3v) is 2.12. The summed E-state index contributed by atoms with van der Waals surface area (Å²) in [6, 6.07) is 9.34. The normalized spacial score (nSPS) is 10.5. The van der Waals surface area contributed by atoms with E-state index in [1.165, 1.54) is 6.08 Å². The van der Waals surface area contributed by atoms with Gasteiger partial charge in [-0.15, -0.1) is 0 Å². The molecule has 0 heterocycles. The van der Waals surface area contributed by atoms with Gasteiger partial charge in [0.1, 0.15) is 11.7 Å². The molecule has 0 aliphatic heterocycles. The zero-order valence-electron chi connectivity index (χ0n) is 6.81. The number of thioether (sulfide) groups is 1. The first-order valence-corrected chi connectivity index (χ1v) is 4.47. The smallest absolute Gasteiger partial charge is 0.144 e. The van der Waals surface area contributed by atoms with Crippen molar-refractivity contribution in [2.24, 2.45) is 0 Å². The molecular weight excluding hydrogens is 182 g/mol. The summed E-state index contributed by atoms with van der Waals surface area (Å²) in [4.78, 5) is 10.9. The molecule has 0 radical (unpaired) electrons. The van der Waals surface area contributed by atoms with Crippen LogP contribution in [0.3, 0.4) is 0 Å². The van der Waals surface area contributed by atoms with Gasteiger partial charge in [0, 0.05) is 4.91 Å². The van der Waals surface area contributed by atoms with E-state index in [0.29, 0.717) is 11.2 Å². The lowest BCUT2D eigenvalue weighted by Crippen LogP contribution is -1.78. The second-order valence-electron chi connectivity index (χ2n) is 2.23. The second kappa shape index (κ2) is 5.18. The largest absolute Gasteiger partial charge is 0.299 e. The Kier molecular flexibility index (Phi) is 3.80. The average molecular weight is 189 g/mol. The molecule has 0 aliphatic rings. The maximum atomic E-state index is 10.3. The molecule has 0 saturated carbocycles. The SMILES string of the molecule is N#CS/C(=C\C=O)c1ccccc1. The van der Waals surface area contributed by atoms with Gasteiger partial charge in [0.05, 0.1) is 0 Å². The van der Waals surface area contributed by atoms with Crippen molar-refractivity contribution in [3.05, 3.63) is 42.0 Å². The van der Waals surface area contributed by atoms with Gasteiger partial charge >= 0.3 is 0 Å². The van der Waals surface area contributed by atoms with E-state index < -0.39 is 0 Å². The number of nitrogens with zero attached hydrogens (tertiary/aromatic N) is 1. The molecule has 0 aromatic heterocycles. The first-order chi connectivity index (χ1) is 6.38. The van der Waals surface area contributed by atoms with Crippen LogP contribution in [0.2, 0.25) is 0 Å². The van der Waals surface area contributed by atoms with E-state index in [-0.39, 0.29) is 0 Å². The van der Waals surface area contributed by atoms with Crippen LogP contribution in [0.15, 0.2) is 36.4 Å². The molecule has 1 aromatic carbocycles. The quantitative estimate of drug-likeness (QED) is 0.416. The van der Waals surface area contributed by atoms with Gasteiger partial charge < -0.3 is 0 Å². The predicted octanol–water partition coefficient (Wildman–Crippen LogP) is 2.44. The van der Waals surface area contributed by atoms with Gasteiger partial charge in [0.2, 0.25) is 0 Å². The molecule has 0 unspecified atom stereocenters. The maximum absolute atomic E-state index is 10.3. The number of nitriles is 1. The average Bonchev–Trinajstić information content (AvgIpc) is 2.19. The summed E-state index contributed by atoms with van der Waals surface area (Å²) in [5.74, 6) is 0. The lowest BCUT2D eigenvalue weighted by Gasteiger charge is -1.98. The Hall–Kier alpha value is -1.53. The first kappa shape index (κ1) is 9.56. The van der Waals surface area contributed by atoms with Crippen molar-refractivity contribution >= 4 is 23.0 Å². The molecule has 1 aromatic rings. The van der Waals surface area contributed by atoms with Crippen LogP contribution in [-0.2, 0) is 4.79 Å². The number of hydrogen-bond acceptors (Lipinski definition) is 3. The summed E-state index contributed by atoms with van der Waals surface area (Å²) in [5.41, 5.74) is 0.890. The molecule has 0 saturated heterocycles. The maximum Gasteiger partial charge on any atom is 0.144 e. The number of rotatable bonds is 3. The molecule has 0 N–H and O–H groups in total. The van der Waals surface area contributed by atoms with Crippen molar-refractivity contribution in [3.8, 4) is 5.40 Å². The van der Waals surface area contributed by atoms with E-state index in [1.54, 1.807) is 0 Å². The topological polar surface area (TPSA) is 40.9 Å². The van der Waals surface area contributed by atoms with E-state index in [4.69, 9.17) is 5.26 Å². The molecule has 0 fully saturated rings. The Bertz CT molecular complexity index is 351. The minimum absolute atomic E-state index is 0.679. The Morgan fingerprint density at radius 2 is 2.08 bits per heavy atom. The standard InChI is InChI=1S/C10H7NOS/c11-8-13-10(6-7-12)9-4-2-1-3-5-9/h1-7H/b10-6-. The van der Waals surface area contributed by atoms with Gasteiger partial charge in [-0.1, -0.05) is 30.3 Å². The highest BCUT2D eigenvalue weighted by Gasteiger charge is 1.99. The van der Waals surface area contributed by atoms with Crippen LogP contribution in [-0.4, -0.2) is 6.29 Å². The van der Waals surface area contributed by atoms with Crippen molar-refractivity contribution in [2.45, 2.75) is 0 Å². The zero-order chi connectivity index (χ0) is 9.52. The summed E-state index contributed by atoms with van der Waals surface area (Å²) in [5, 5.41) is 10.4. The van der Waals surface area contributed by atoms with Crippen LogP contribution in [0.25, 0.3) is 4.91 Å². The van der Waals surface area contributed by atoms with Crippen LogP contribution >= 0.6 is 11.8 Å². The van der Waals surface area contributed by atoms with Crippen molar-refractivity contribution in [1.29, 1.82) is 5.26 Å². The van der Waals surface area contributed by atoms with Crippen molar-refractivity contribution in [3.63, 3.8) is 0 Å². The van der Waals surface area contributed by atoms with E-state index in [1.807, 2.05) is 35.7 Å². The molecule has 0 amide bonds. The number of carbonyl (C=O) groups excluding carboxylic acids is 1. The fraction of sp³-hybridized carbons (Fsp3) is 0. The summed E-state index contributed by atoms with van der Waals surface area (Å²) in [6.45, 7) is 0. The highest BCUT2D eigenvalue weighted by Crippen LogP contribution is 2.25. The fourth-order valence-electron chi connectivity index (χ4n) is 0.903. The second-order valence-corrected chi connectivity index (χ2v) is 3.05. The van der Waals surface area contributed by atoms with Gasteiger partial charge in [0.25, 0.3) is 0 Å². The Morgan fingerprint density at radius 1 is 1.38 bits per heavy atom. The summed E-state index contributed by atoms with van der Waals surface area (Å²) < 4.78 is 0. The van der Waals surface area contributed by atoms with Crippen LogP contribution in [0, 0.1) is 10.7 Å². The van der Waals surface area contributed by atoms with Crippen LogP contribution in [0.1, 0.15) is 5.56 Å². The molecule has 64 valence electrons. The van der Waals surface area contributed by atoms with Gasteiger partial charge in [-0.05, 0) is 23.4 Å². The molecule has 1 rings (SSSR count). The molecule has 13 heavy (non-hydrogen) atoms. The van der Waals surface area contributed by atoms with Crippen LogP contribution in [0.4, 0.5) is 0 Å². The van der Waals surface area contributed by atoms with E-state index in [9.17, 15) is 4.79 Å². The molecule has 0 spiro atoms. The third-order valence-electron chi connectivity index (χ3n) is 1.43. The number of hydrogen-bond donors (Lipinski definition) is 0. The van der Waals surface area contributed by atoms with Gasteiger partial charge in [-0.2, -0.15) is 5.26 Å². The number of allylic oxidation sites excluding steroid dienone is 1. The van der Waals surface area contributed by atoms with Gasteiger partial charge in [-0.3, -0.25) is 4.79 Å². The number of thiocyanates is 1. The Labute approximate surface area is 80.9 Å². The molecule has 2 nitrogen and oxygen atoms in total. The highest BCUT2D eigenvalue weighted by atomic mass is 32.2. The molecule has 0 atom stereocenters. The van der Waals surface area contributed by atoms with Crippen LogP contribution in [0.5, 0.6) is 0 Å². The zero-order valence-corrected chi connectivity index (χ0v) is 7.62. The Balaban J connectivity index is 2.97. The Morgan fingerprint density at radius 3 is 2.62 bits per heavy atom. The summed E-state index contributed by atoms with van der Waals surface area (Å²) >= 11 is 0.989. The van der Waals surface area contributed by atoms with E-state index >= 15 is 0 Å².